The highest BCUT2D eigenvalue weighted by molar-refractivity contribution is 6.10. The van der Waals surface area contributed by atoms with E-state index in [1.165, 1.54) is 12.1 Å². The third-order valence-corrected chi connectivity index (χ3v) is 4.14. The minimum Gasteiger partial charge on any atom is -0.487 e. The van der Waals surface area contributed by atoms with Gasteiger partial charge in [0.15, 0.2) is 11.4 Å². The molecule has 2 amide bonds. The molecule has 1 aliphatic rings. The number of carbonyl (C=O) groups is 2. The van der Waals surface area contributed by atoms with E-state index in [2.05, 4.69) is 10.6 Å². The number of amides is 2. The standard InChI is InChI=1S/C19H19N3O6/c1-4-27-14-9-8-11(10-13(14)22(25)26)17(23)20-12-6-5-7-15-16(12)21-18(24)19(2,3)28-15/h5-10H,4H2,1-3H3,(H,20,23)(H,21,24). The van der Waals surface area contributed by atoms with Gasteiger partial charge in [-0.15, -0.1) is 0 Å². The number of nitrogens with zero attached hydrogens (tertiary/aromatic N) is 1. The Bertz CT molecular complexity index is 970. The number of hydrogen-bond acceptors (Lipinski definition) is 6. The molecule has 0 radical (unpaired) electrons. The van der Waals surface area contributed by atoms with Crippen LogP contribution in [0, 0.1) is 10.1 Å². The summed E-state index contributed by atoms with van der Waals surface area (Å²) in [5.74, 6) is -0.416. The summed E-state index contributed by atoms with van der Waals surface area (Å²) < 4.78 is 10.9. The van der Waals surface area contributed by atoms with E-state index >= 15 is 0 Å². The summed E-state index contributed by atoms with van der Waals surface area (Å²) in [5, 5.41) is 16.6. The number of hydrogen-bond donors (Lipinski definition) is 2. The van der Waals surface area contributed by atoms with E-state index in [9.17, 15) is 19.7 Å². The lowest BCUT2D eigenvalue weighted by atomic mass is 10.1. The van der Waals surface area contributed by atoms with Crippen molar-refractivity contribution in [3.63, 3.8) is 0 Å². The SMILES string of the molecule is CCOc1ccc(C(=O)Nc2cccc3c2NC(=O)C(C)(C)O3)cc1[N+](=O)[O-]. The van der Waals surface area contributed by atoms with E-state index in [1.54, 1.807) is 39.0 Å². The fourth-order valence-electron chi connectivity index (χ4n) is 2.71. The third-order valence-electron chi connectivity index (χ3n) is 4.14. The highest BCUT2D eigenvalue weighted by Gasteiger charge is 2.36. The molecule has 0 aromatic heterocycles. The normalized spacial score (nSPS) is 14.3. The number of benzene rings is 2. The summed E-state index contributed by atoms with van der Waals surface area (Å²) >= 11 is 0. The number of rotatable bonds is 5. The Morgan fingerprint density at radius 3 is 2.75 bits per heavy atom. The molecule has 9 heteroatoms. The minimum atomic E-state index is -1.04. The predicted octanol–water partition coefficient (Wildman–Crippen LogP) is 3.36. The van der Waals surface area contributed by atoms with Crippen LogP contribution in [-0.2, 0) is 4.79 Å². The van der Waals surface area contributed by atoms with Crippen LogP contribution >= 0.6 is 0 Å². The highest BCUT2D eigenvalue weighted by atomic mass is 16.6. The molecule has 0 unspecified atom stereocenters. The largest absolute Gasteiger partial charge is 0.487 e. The van der Waals surface area contributed by atoms with Crippen LogP contribution in [0.2, 0.25) is 0 Å². The lowest BCUT2D eigenvalue weighted by molar-refractivity contribution is -0.385. The number of anilines is 2. The van der Waals surface area contributed by atoms with Crippen LogP contribution in [0.5, 0.6) is 11.5 Å². The van der Waals surface area contributed by atoms with E-state index in [4.69, 9.17) is 9.47 Å². The molecule has 28 heavy (non-hydrogen) atoms. The van der Waals surface area contributed by atoms with Gasteiger partial charge in [-0.1, -0.05) is 6.07 Å². The van der Waals surface area contributed by atoms with E-state index in [-0.39, 0.29) is 29.5 Å². The Morgan fingerprint density at radius 2 is 2.07 bits per heavy atom. The second kappa shape index (κ2) is 7.18. The molecule has 2 N–H and O–H groups in total. The van der Waals surface area contributed by atoms with Crippen LogP contribution < -0.4 is 20.1 Å². The zero-order valence-corrected chi connectivity index (χ0v) is 15.6. The van der Waals surface area contributed by atoms with Crippen molar-refractivity contribution in [3.05, 3.63) is 52.1 Å². The van der Waals surface area contributed by atoms with E-state index in [1.807, 2.05) is 0 Å². The molecule has 2 aromatic rings. The molecule has 0 bridgehead atoms. The van der Waals surface area contributed by atoms with Crippen molar-refractivity contribution in [2.24, 2.45) is 0 Å². The molecule has 0 saturated heterocycles. The fraction of sp³-hybridized carbons (Fsp3) is 0.263. The monoisotopic (exact) mass is 385 g/mol. The summed E-state index contributed by atoms with van der Waals surface area (Å²) in [6, 6.07) is 8.90. The maximum absolute atomic E-state index is 12.6. The first kappa shape index (κ1) is 19.2. The van der Waals surface area contributed by atoms with Crippen LogP contribution in [0.15, 0.2) is 36.4 Å². The van der Waals surface area contributed by atoms with Crippen molar-refractivity contribution in [2.75, 3.05) is 17.2 Å². The molecule has 0 fully saturated rings. The molecular formula is C19H19N3O6. The topological polar surface area (TPSA) is 120 Å². The fourth-order valence-corrected chi connectivity index (χ4v) is 2.71. The molecule has 1 aliphatic heterocycles. The van der Waals surface area contributed by atoms with E-state index < -0.39 is 16.4 Å². The van der Waals surface area contributed by atoms with Crippen molar-refractivity contribution in [1.29, 1.82) is 0 Å². The van der Waals surface area contributed by atoms with Crippen LogP contribution in [0.1, 0.15) is 31.1 Å². The molecule has 1 heterocycles. The van der Waals surface area contributed by atoms with Crippen molar-refractivity contribution in [2.45, 2.75) is 26.4 Å². The molecule has 2 aromatic carbocycles. The lowest BCUT2D eigenvalue weighted by Gasteiger charge is -2.32. The quantitative estimate of drug-likeness (QED) is 0.601. The number of para-hydroxylation sites is 1. The molecule has 0 saturated carbocycles. The molecule has 3 rings (SSSR count). The summed E-state index contributed by atoms with van der Waals surface area (Å²) in [6.07, 6.45) is 0. The van der Waals surface area contributed by atoms with Crippen LogP contribution in [0.25, 0.3) is 0 Å². The van der Waals surface area contributed by atoms with Gasteiger partial charge in [-0.3, -0.25) is 19.7 Å². The van der Waals surface area contributed by atoms with Gasteiger partial charge in [0, 0.05) is 11.6 Å². The number of carbonyl (C=O) groups excluding carboxylic acids is 2. The molecule has 0 aliphatic carbocycles. The van der Waals surface area contributed by atoms with Gasteiger partial charge in [0.1, 0.15) is 11.4 Å². The summed E-state index contributed by atoms with van der Waals surface area (Å²) in [4.78, 5) is 35.4. The van der Waals surface area contributed by atoms with Gasteiger partial charge < -0.3 is 20.1 Å². The van der Waals surface area contributed by atoms with Gasteiger partial charge in [0.25, 0.3) is 11.8 Å². The first-order valence-electron chi connectivity index (χ1n) is 8.59. The van der Waals surface area contributed by atoms with Crippen molar-refractivity contribution in [1.82, 2.24) is 0 Å². The summed E-state index contributed by atoms with van der Waals surface area (Å²) in [7, 11) is 0. The number of fused-ring (bicyclic) bond motifs is 1. The van der Waals surface area contributed by atoms with Gasteiger partial charge in [0.05, 0.1) is 17.2 Å². The van der Waals surface area contributed by atoms with E-state index in [0.717, 1.165) is 6.07 Å². The Labute approximate surface area is 160 Å². The first-order valence-corrected chi connectivity index (χ1v) is 8.59. The van der Waals surface area contributed by atoms with Crippen LogP contribution in [0.3, 0.4) is 0 Å². The maximum Gasteiger partial charge on any atom is 0.311 e. The van der Waals surface area contributed by atoms with Crippen molar-refractivity contribution in [3.8, 4) is 11.5 Å². The van der Waals surface area contributed by atoms with Crippen LogP contribution in [0.4, 0.5) is 17.1 Å². The smallest absolute Gasteiger partial charge is 0.311 e. The van der Waals surface area contributed by atoms with Gasteiger partial charge >= 0.3 is 5.69 Å². The molecule has 9 nitrogen and oxygen atoms in total. The zero-order valence-electron chi connectivity index (χ0n) is 15.6. The van der Waals surface area contributed by atoms with Gasteiger partial charge in [-0.25, -0.2) is 0 Å². The number of nitro groups is 1. The summed E-state index contributed by atoms with van der Waals surface area (Å²) in [5.41, 5.74) is -0.603. The molecule has 146 valence electrons. The lowest BCUT2D eigenvalue weighted by Crippen LogP contribution is -2.45. The average molecular weight is 385 g/mol. The van der Waals surface area contributed by atoms with Crippen molar-refractivity contribution >= 4 is 28.9 Å². The Hall–Kier alpha value is -3.62. The maximum atomic E-state index is 12.6. The van der Waals surface area contributed by atoms with Gasteiger partial charge in [-0.2, -0.15) is 0 Å². The number of nitro benzene ring substituents is 1. The summed E-state index contributed by atoms with van der Waals surface area (Å²) in [6.45, 7) is 5.24. The highest BCUT2D eigenvalue weighted by Crippen LogP contribution is 2.39. The second-order valence-corrected chi connectivity index (χ2v) is 6.57. The Kier molecular flexibility index (Phi) is 4.91. The minimum absolute atomic E-state index is 0.0798. The van der Waals surface area contributed by atoms with E-state index in [0.29, 0.717) is 17.1 Å². The van der Waals surface area contributed by atoms with Gasteiger partial charge in [-0.05, 0) is 45.0 Å². The number of ether oxygens (including phenoxy) is 2. The molecular weight excluding hydrogens is 366 g/mol. The second-order valence-electron chi connectivity index (χ2n) is 6.57. The first-order chi connectivity index (χ1) is 13.2. The van der Waals surface area contributed by atoms with Crippen molar-refractivity contribution < 1.29 is 24.0 Å². The molecule has 0 spiro atoms. The number of nitrogens with one attached hydrogen (secondary N) is 2. The average Bonchev–Trinajstić information content (AvgIpc) is 2.63. The Balaban J connectivity index is 1.90. The third kappa shape index (κ3) is 3.59. The predicted molar refractivity (Wildman–Crippen MR) is 102 cm³/mol. The van der Waals surface area contributed by atoms with Crippen LogP contribution in [-0.4, -0.2) is 28.9 Å². The molecule has 0 atom stereocenters. The van der Waals surface area contributed by atoms with Gasteiger partial charge in [0.2, 0.25) is 0 Å². The Morgan fingerprint density at radius 1 is 1.32 bits per heavy atom. The zero-order chi connectivity index (χ0) is 20.5.